The topological polar surface area (TPSA) is 39.9 Å². The van der Waals surface area contributed by atoms with E-state index in [2.05, 4.69) is 6.58 Å². The molecule has 0 saturated carbocycles. The van der Waals surface area contributed by atoms with Crippen molar-refractivity contribution in [1.82, 2.24) is 0 Å². The third kappa shape index (κ3) is 4.84. The fraction of sp³-hybridized carbons (Fsp3) is 0.125. The van der Waals surface area contributed by atoms with Crippen molar-refractivity contribution in [2.45, 2.75) is 30.6 Å². The molecule has 0 aliphatic heterocycles. The van der Waals surface area contributed by atoms with Gasteiger partial charge in [-0.15, -0.1) is 0 Å². The summed E-state index contributed by atoms with van der Waals surface area (Å²) in [5.41, 5.74) is 2.37. The zero-order valence-electron chi connectivity index (χ0n) is 16.2. The molecule has 28 heavy (non-hydrogen) atoms. The zero-order chi connectivity index (χ0) is 20.1. The lowest BCUT2D eigenvalue weighted by atomic mass is 10.1. The summed E-state index contributed by atoms with van der Waals surface area (Å²) in [5.74, 6) is 2.10. The Labute approximate surface area is 170 Å². The van der Waals surface area contributed by atoms with E-state index >= 15 is 0 Å². The molecule has 0 bridgehead atoms. The average Bonchev–Trinajstić information content (AvgIpc) is 2.67. The van der Waals surface area contributed by atoms with Gasteiger partial charge in [0.05, 0.1) is 10.5 Å². The first-order valence-electron chi connectivity index (χ1n) is 8.94. The van der Waals surface area contributed by atoms with Gasteiger partial charge in [-0.25, -0.2) is 0 Å². The molecule has 0 amide bonds. The smallest absolute Gasteiger partial charge is 0.456 e. The van der Waals surface area contributed by atoms with Crippen LogP contribution in [0.1, 0.15) is 18.1 Å². The highest BCUT2D eigenvalue weighted by atomic mass is 32.2. The summed E-state index contributed by atoms with van der Waals surface area (Å²) in [6.45, 7) is 9.33. The molecule has 4 heteroatoms. The van der Waals surface area contributed by atoms with Crippen LogP contribution in [-0.4, -0.2) is 10.8 Å². The standard InChI is InChI=1S/C24H22O3S/c1-16(2)24(25)27-23-17(3)14-20(15-18(23)4)28-22-13-9-8-12-21(22)26-19-10-6-5-7-11-19/h5-15H,1H2,2-4H3/p+1. The van der Waals surface area contributed by atoms with Gasteiger partial charge in [-0.05, 0) is 57.2 Å². The quantitative estimate of drug-likeness (QED) is 0.203. The zero-order valence-corrected chi connectivity index (χ0v) is 17.0. The molecule has 142 valence electrons. The van der Waals surface area contributed by atoms with E-state index in [-0.39, 0.29) is 5.97 Å². The minimum absolute atomic E-state index is 0.159. The molecule has 0 spiro atoms. The van der Waals surface area contributed by atoms with Crippen molar-refractivity contribution >= 4 is 17.7 Å². The Kier molecular flexibility index (Phi) is 6.22. The van der Waals surface area contributed by atoms with E-state index in [0.29, 0.717) is 11.3 Å². The van der Waals surface area contributed by atoms with E-state index in [1.165, 1.54) is 0 Å². The molecule has 0 unspecified atom stereocenters. The van der Waals surface area contributed by atoms with Gasteiger partial charge < -0.3 is 9.53 Å². The number of ether oxygens (including phenoxy) is 2. The highest BCUT2D eigenvalue weighted by Gasteiger charge is 2.21. The van der Waals surface area contributed by atoms with Crippen LogP contribution in [0.3, 0.4) is 0 Å². The molecule has 0 heterocycles. The summed E-state index contributed by atoms with van der Waals surface area (Å²) in [7, 11) is 0. The average molecular weight is 392 g/mol. The van der Waals surface area contributed by atoms with Crippen molar-refractivity contribution in [3.8, 4) is 17.2 Å². The SMILES string of the molecule is C=C(C)C(=[OH+])Oc1c(C)cc(Sc2ccccc2Oc2ccccc2)cc1C. The molecule has 0 aliphatic carbocycles. The summed E-state index contributed by atoms with van der Waals surface area (Å²) in [4.78, 5) is 12.0. The molecule has 3 rings (SSSR count). The molecule has 3 nitrogen and oxygen atoms in total. The minimum atomic E-state index is -0.159. The maximum Gasteiger partial charge on any atom is 0.518 e. The van der Waals surface area contributed by atoms with Crippen LogP contribution < -0.4 is 9.47 Å². The van der Waals surface area contributed by atoms with Gasteiger partial charge in [-0.1, -0.05) is 48.7 Å². The second-order valence-corrected chi connectivity index (χ2v) is 7.65. The van der Waals surface area contributed by atoms with Gasteiger partial charge in [0.25, 0.3) is 5.75 Å². The van der Waals surface area contributed by atoms with Crippen LogP contribution in [0.4, 0.5) is 0 Å². The number of hydrogen-bond acceptors (Lipinski definition) is 3. The molecule has 3 aromatic carbocycles. The van der Waals surface area contributed by atoms with Gasteiger partial charge in [-0.2, -0.15) is 0 Å². The Morgan fingerprint density at radius 2 is 1.54 bits per heavy atom. The van der Waals surface area contributed by atoms with Crippen molar-refractivity contribution < 1.29 is 14.3 Å². The molecule has 1 N–H and O–H groups in total. The predicted molar refractivity (Wildman–Crippen MR) is 115 cm³/mol. The Balaban J connectivity index is 1.85. The second-order valence-electron chi connectivity index (χ2n) is 6.54. The van der Waals surface area contributed by atoms with E-state index in [1.54, 1.807) is 18.7 Å². The van der Waals surface area contributed by atoms with Crippen LogP contribution in [0.2, 0.25) is 0 Å². The molecular weight excluding hydrogens is 368 g/mol. The first-order valence-corrected chi connectivity index (χ1v) is 9.76. The van der Waals surface area contributed by atoms with Crippen LogP contribution >= 0.6 is 11.8 Å². The Morgan fingerprint density at radius 3 is 2.18 bits per heavy atom. The van der Waals surface area contributed by atoms with Crippen LogP contribution in [0, 0.1) is 13.8 Å². The Hall–Kier alpha value is -2.98. The lowest BCUT2D eigenvalue weighted by Gasteiger charge is -2.12. The van der Waals surface area contributed by atoms with E-state index in [0.717, 1.165) is 32.4 Å². The Morgan fingerprint density at radius 1 is 0.929 bits per heavy atom. The largest absolute Gasteiger partial charge is 0.518 e. The van der Waals surface area contributed by atoms with E-state index in [1.807, 2.05) is 80.6 Å². The molecular formula is C24H23O3S+. The number of hydrogen-bond donors (Lipinski definition) is 0. The van der Waals surface area contributed by atoms with E-state index < -0.39 is 0 Å². The van der Waals surface area contributed by atoms with Gasteiger partial charge in [0.2, 0.25) is 0 Å². The molecule has 0 aliphatic rings. The van der Waals surface area contributed by atoms with Crippen LogP contribution in [0.25, 0.3) is 0 Å². The fourth-order valence-electron chi connectivity index (χ4n) is 2.68. The summed E-state index contributed by atoms with van der Waals surface area (Å²) < 4.78 is 11.6. The van der Waals surface area contributed by atoms with Crippen LogP contribution in [-0.2, 0) is 0 Å². The summed E-state index contributed by atoms with van der Waals surface area (Å²) in [5, 5.41) is 0. The monoisotopic (exact) mass is 391 g/mol. The summed E-state index contributed by atoms with van der Waals surface area (Å²) in [6, 6.07) is 21.8. The van der Waals surface area contributed by atoms with Crippen LogP contribution in [0.15, 0.2) is 88.7 Å². The highest BCUT2D eigenvalue weighted by Crippen LogP contribution is 2.39. The molecule has 0 fully saturated rings. The first-order chi connectivity index (χ1) is 13.4. The molecule has 0 radical (unpaired) electrons. The molecule has 0 atom stereocenters. The fourth-order valence-corrected chi connectivity index (χ4v) is 3.76. The van der Waals surface area contributed by atoms with Crippen molar-refractivity contribution in [3.05, 3.63) is 90.0 Å². The lowest BCUT2D eigenvalue weighted by Crippen LogP contribution is -2.10. The normalized spacial score (nSPS) is 10.4. The minimum Gasteiger partial charge on any atom is -0.456 e. The highest BCUT2D eigenvalue weighted by molar-refractivity contribution is 7.99. The van der Waals surface area contributed by atoms with E-state index in [9.17, 15) is 4.79 Å². The van der Waals surface area contributed by atoms with Gasteiger partial charge in [0.15, 0.2) is 0 Å². The van der Waals surface area contributed by atoms with Crippen molar-refractivity contribution in [1.29, 1.82) is 0 Å². The number of carbonyl (C=O) groups excluding carboxylic acids is 1. The van der Waals surface area contributed by atoms with Crippen molar-refractivity contribution in [2.24, 2.45) is 0 Å². The molecule has 3 aromatic rings. The first kappa shape index (κ1) is 19.8. The van der Waals surface area contributed by atoms with Gasteiger partial charge in [0.1, 0.15) is 11.5 Å². The number of aryl methyl sites for hydroxylation is 2. The Bertz CT molecular complexity index is 986. The maximum absolute atomic E-state index is 9.88. The van der Waals surface area contributed by atoms with Gasteiger partial charge in [0, 0.05) is 16.0 Å². The van der Waals surface area contributed by atoms with Crippen molar-refractivity contribution in [2.75, 3.05) is 0 Å². The van der Waals surface area contributed by atoms with Gasteiger partial charge >= 0.3 is 5.97 Å². The number of rotatable bonds is 6. The number of para-hydroxylation sites is 2. The maximum atomic E-state index is 9.88. The molecule has 0 saturated heterocycles. The van der Waals surface area contributed by atoms with Crippen molar-refractivity contribution in [3.63, 3.8) is 0 Å². The lowest BCUT2D eigenvalue weighted by molar-refractivity contribution is 0.462. The third-order valence-corrected chi connectivity index (χ3v) is 5.07. The number of benzene rings is 3. The third-order valence-electron chi connectivity index (χ3n) is 4.05. The summed E-state index contributed by atoms with van der Waals surface area (Å²) in [6.07, 6.45) is 0. The summed E-state index contributed by atoms with van der Waals surface area (Å²) >= 11 is 1.63. The molecule has 0 aromatic heterocycles. The predicted octanol–water partition coefficient (Wildman–Crippen LogP) is 6.70. The van der Waals surface area contributed by atoms with Crippen LogP contribution in [0.5, 0.6) is 17.2 Å². The second kappa shape index (κ2) is 8.81. The number of esters is 1. The van der Waals surface area contributed by atoms with E-state index in [4.69, 9.17) is 9.47 Å². The van der Waals surface area contributed by atoms with Gasteiger partial charge in [-0.3, -0.25) is 4.74 Å².